The highest BCUT2D eigenvalue weighted by atomic mass is 16.1. The zero-order valence-corrected chi connectivity index (χ0v) is 7.68. The second-order valence-electron chi connectivity index (χ2n) is 2.82. The van der Waals surface area contributed by atoms with Gasteiger partial charge in [0.05, 0.1) is 6.04 Å². The summed E-state index contributed by atoms with van der Waals surface area (Å²) in [7, 11) is 0. The third-order valence-corrected chi connectivity index (χ3v) is 1.95. The fraction of sp³-hybridized carbons (Fsp3) is 0.182. The molecule has 0 radical (unpaired) electrons. The van der Waals surface area contributed by atoms with E-state index in [4.69, 9.17) is 0 Å². The van der Waals surface area contributed by atoms with Crippen molar-refractivity contribution in [2.45, 2.75) is 13.0 Å². The lowest BCUT2D eigenvalue weighted by Gasteiger charge is -2.21. The molecule has 0 unspecified atom stereocenters. The van der Waals surface area contributed by atoms with Gasteiger partial charge in [-0.3, -0.25) is 4.79 Å². The van der Waals surface area contributed by atoms with Gasteiger partial charge in [-0.2, -0.15) is 0 Å². The minimum atomic E-state index is 0.0277. The number of amides is 1. The van der Waals surface area contributed by atoms with Crippen LogP contribution in [0.15, 0.2) is 43.0 Å². The Bertz CT molecular complexity index is 281. The molecule has 0 fully saturated rings. The molecule has 2 nitrogen and oxygen atoms in total. The molecule has 0 aliphatic heterocycles. The second kappa shape index (κ2) is 4.45. The summed E-state index contributed by atoms with van der Waals surface area (Å²) in [6.07, 6.45) is 2.56. The molecule has 0 aromatic heterocycles. The quantitative estimate of drug-likeness (QED) is 0.507. The van der Waals surface area contributed by atoms with E-state index >= 15 is 0 Å². The van der Waals surface area contributed by atoms with Crippen LogP contribution in [0.5, 0.6) is 0 Å². The molecule has 0 saturated carbocycles. The van der Waals surface area contributed by atoms with E-state index in [-0.39, 0.29) is 6.04 Å². The molecule has 2 heteroatoms. The standard InChI is InChI=1S/C11H13NO/c1-3-10(2)12(9-13)11-7-5-4-6-8-11/h3-10H,1H2,2H3/t10-/m0/s1. The first-order chi connectivity index (χ1) is 6.29. The molecule has 13 heavy (non-hydrogen) atoms. The van der Waals surface area contributed by atoms with E-state index in [2.05, 4.69) is 6.58 Å². The van der Waals surface area contributed by atoms with Gasteiger partial charge < -0.3 is 4.90 Å². The Morgan fingerprint density at radius 1 is 1.38 bits per heavy atom. The normalized spacial score (nSPS) is 11.8. The summed E-state index contributed by atoms with van der Waals surface area (Å²) >= 11 is 0. The molecule has 0 saturated heterocycles. The van der Waals surface area contributed by atoms with Gasteiger partial charge in [0.1, 0.15) is 0 Å². The minimum Gasteiger partial charge on any atom is -0.308 e. The molecule has 1 atom stereocenters. The van der Waals surface area contributed by atoms with Gasteiger partial charge in [-0.25, -0.2) is 0 Å². The number of carbonyl (C=O) groups is 1. The predicted octanol–water partition coefficient (Wildman–Crippen LogP) is 2.22. The molecule has 1 rings (SSSR count). The number of carbonyl (C=O) groups excluding carboxylic acids is 1. The molecule has 0 heterocycles. The Kier molecular flexibility index (Phi) is 3.26. The van der Waals surface area contributed by atoms with Crippen LogP contribution in [0, 0.1) is 0 Å². The van der Waals surface area contributed by atoms with E-state index in [0.717, 1.165) is 12.1 Å². The van der Waals surface area contributed by atoms with Crippen molar-refractivity contribution in [2.24, 2.45) is 0 Å². The first-order valence-electron chi connectivity index (χ1n) is 4.21. The smallest absolute Gasteiger partial charge is 0.214 e. The van der Waals surface area contributed by atoms with Crippen molar-refractivity contribution < 1.29 is 4.79 Å². The van der Waals surface area contributed by atoms with Crippen molar-refractivity contribution in [1.82, 2.24) is 0 Å². The summed E-state index contributed by atoms with van der Waals surface area (Å²) in [5, 5.41) is 0. The van der Waals surface area contributed by atoms with Crippen LogP contribution in [0.4, 0.5) is 5.69 Å². The van der Waals surface area contributed by atoms with E-state index in [9.17, 15) is 4.79 Å². The Labute approximate surface area is 78.5 Å². The molecule has 1 aromatic rings. The Morgan fingerprint density at radius 2 is 2.00 bits per heavy atom. The summed E-state index contributed by atoms with van der Waals surface area (Å²) in [5.74, 6) is 0. The fourth-order valence-electron chi connectivity index (χ4n) is 1.11. The topological polar surface area (TPSA) is 20.3 Å². The van der Waals surface area contributed by atoms with Gasteiger partial charge in [-0.1, -0.05) is 24.3 Å². The van der Waals surface area contributed by atoms with Crippen LogP contribution in [0.2, 0.25) is 0 Å². The number of hydrogen-bond donors (Lipinski definition) is 0. The molecule has 0 aliphatic rings. The number of benzene rings is 1. The minimum absolute atomic E-state index is 0.0277. The number of hydrogen-bond acceptors (Lipinski definition) is 1. The molecular formula is C11H13NO. The largest absolute Gasteiger partial charge is 0.308 e. The van der Waals surface area contributed by atoms with E-state index in [1.165, 1.54) is 0 Å². The van der Waals surface area contributed by atoms with Crippen LogP contribution >= 0.6 is 0 Å². The average Bonchev–Trinajstić information content (AvgIpc) is 2.20. The summed E-state index contributed by atoms with van der Waals surface area (Å²) in [6.45, 7) is 5.58. The maximum Gasteiger partial charge on any atom is 0.214 e. The zero-order valence-electron chi connectivity index (χ0n) is 7.68. The van der Waals surface area contributed by atoms with Gasteiger partial charge in [0.15, 0.2) is 0 Å². The van der Waals surface area contributed by atoms with Crippen molar-refractivity contribution in [1.29, 1.82) is 0 Å². The summed E-state index contributed by atoms with van der Waals surface area (Å²) < 4.78 is 0. The molecule has 1 amide bonds. The van der Waals surface area contributed by atoms with Crippen LogP contribution in [0.25, 0.3) is 0 Å². The summed E-state index contributed by atoms with van der Waals surface area (Å²) in [4.78, 5) is 12.4. The van der Waals surface area contributed by atoms with Crippen LogP contribution in [-0.4, -0.2) is 12.5 Å². The highest BCUT2D eigenvalue weighted by molar-refractivity contribution is 5.76. The lowest BCUT2D eigenvalue weighted by Crippen LogP contribution is -2.29. The van der Waals surface area contributed by atoms with Gasteiger partial charge in [-0.05, 0) is 19.1 Å². The van der Waals surface area contributed by atoms with E-state index in [1.54, 1.807) is 11.0 Å². The monoisotopic (exact) mass is 175 g/mol. The third kappa shape index (κ3) is 2.18. The average molecular weight is 175 g/mol. The lowest BCUT2D eigenvalue weighted by molar-refractivity contribution is -0.107. The molecule has 0 spiro atoms. The van der Waals surface area contributed by atoms with Gasteiger partial charge in [-0.15, -0.1) is 6.58 Å². The highest BCUT2D eigenvalue weighted by Gasteiger charge is 2.08. The van der Waals surface area contributed by atoms with Crippen LogP contribution < -0.4 is 4.90 Å². The Morgan fingerprint density at radius 3 is 2.46 bits per heavy atom. The number of rotatable bonds is 4. The van der Waals surface area contributed by atoms with Crippen LogP contribution in [-0.2, 0) is 4.79 Å². The van der Waals surface area contributed by atoms with Crippen molar-refractivity contribution in [3.63, 3.8) is 0 Å². The van der Waals surface area contributed by atoms with Crippen LogP contribution in [0.3, 0.4) is 0 Å². The van der Waals surface area contributed by atoms with Crippen molar-refractivity contribution in [2.75, 3.05) is 4.90 Å². The predicted molar refractivity (Wildman–Crippen MR) is 54.6 cm³/mol. The maximum absolute atomic E-state index is 10.8. The molecule has 0 bridgehead atoms. The van der Waals surface area contributed by atoms with E-state index in [1.807, 2.05) is 37.3 Å². The molecule has 68 valence electrons. The van der Waals surface area contributed by atoms with Gasteiger partial charge in [0.25, 0.3) is 0 Å². The van der Waals surface area contributed by atoms with Crippen molar-refractivity contribution in [3.8, 4) is 0 Å². The van der Waals surface area contributed by atoms with Gasteiger partial charge >= 0.3 is 0 Å². The second-order valence-corrected chi connectivity index (χ2v) is 2.82. The molecule has 0 N–H and O–H groups in total. The number of nitrogens with zero attached hydrogens (tertiary/aromatic N) is 1. The zero-order chi connectivity index (χ0) is 9.68. The first-order valence-corrected chi connectivity index (χ1v) is 4.21. The SMILES string of the molecule is C=C[C@H](C)N(C=O)c1ccccc1. The maximum atomic E-state index is 10.8. The third-order valence-electron chi connectivity index (χ3n) is 1.95. The van der Waals surface area contributed by atoms with Crippen molar-refractivity contribution in [3.05, 3.63) is 43.0 Å². The van der Waals surface area contributed by atoms with Crippen molar-refractivity contribution >= 4 is 12.1 Å². The Hall–Kier alpha value is -1.57. The molecular weight excluding hydrogens is 162 g/mol. The van der Waals surface area contributed by atoms with Crippen LogP contribution in [0.1, 0.15) is 6.92 Å². The molecule has 0 aliphatic carbocycles. The summed E-state index contributed by atoms with van der Waals surface area (Å²) in [6, 6.07) is 9.55. The Balaban J connectivity index is 2.90. The highest BCUT2D eigenvalue weighted by Crippen LogP contribution is 2.14. The molecule has 1 aromatic carbocycles. The number of para-hydroxylation sites is 1. The summed E-state index contributed by atoms with van der Waals surface area (Å²) in [5.41, 5.74) is 0.893. The number of anilines is 1. The van der Waals surface area contributed by atoms with Gasteiger partial charge in [0, 0.05) is 5.69 Å². The first kappa shape index (κ1) is 9.52. The fourth-order valence-corrected chi connectivity index (χ4v) is 1.11. The van der Waals surface area contributed by atoms with Gasteiger partial charge in [0.2, 0.25) is 6.41 Å². The van der Waals surface area contributed by atoms with E-state index < -0.39 is 0 Å². The lowest BCUT2D eigenvalue weighted by atomic mass is 10.2. The van der Waals surface area contributed by atoms with E-state index in [0.29, 0.717) is 0 Å².